The van der Waals surface area contributed by atoms with Crippen molar-refractivity contribution in [3.63, 3.8) is 0 Å². The molecule has 1 rings (SSSR count). The van der Waals surface area contributed by atoms with Crippen LogP contribution in [-0.4, -0.2) is 18.8 Å². The molecule has 0 spiro atoms. The van der Waals surface area contributed by atoms with Gasteiger partial charge in [-0.25, -0.2) is 0 Å². The fourth-order valence-electron chi connectivity index (χ4n) is 0.818. The topological polar surface area (TPSA) is 0 Å². The van der Waals surface area contributed by atoms with Gasteiger partial charge in [0.1, 0.15) is 0 Å². The van der Waals surface area contributed by atoms with E-state index in [0.29, 0.717) is 0 Å². The van der Waals surface area contributed by atoms with Crippen molar-refractivity contribution in [1.82, 2.24) is 0 Å². The zero-order chi connectivity index (χ0) is 7.23. The second kappa shape index (κ2) is 4.25. The van der Waals surface area contributed by atoms with E-state index in [4.69, 9.17) is 0 Å². The number of rotatable bonds is 2. The summed E-state index contributed by atoms with van der Waals surface area (Å²) in [7, 11) is 1.63. The lowest BCUT2D eigenvalue weighted by Gasteiger charge is -1.88. The molecule has 1 aromatic carbocycles. The molecule has 0 aliphatic carbocycles. The Kier molecular flexibility index (Phi) is 3.19. The Labute approximate surface area is 67.0 Å². The van der Waals surface area contributed by atoms with Gasteiger partial charge in [-0.05, 0) is 15.3 Å². The lowest BCUT2D eigenvalue weighted by molar-refractivity contribution is 1.66. The van der Waals surface area contributed by atoms with Gasteiger partial charge in [0, 0.05) is 9.04 Å². The molecule has 0 aliphatic rings. The Morgan fingerprint density at radius 2 is 1.90 bits per heavy atom. The second-order valence-corrected chi connectivity index (χ2v) is 5.96. The van der Waals surface area contributed by atoms with Crippen molar-refractivity contribution in [2.75, 3.05) is 0 Å². The lowest BCUT2D eigenvalue weighted by atomic mass is 10.2. The highest BCUT2D eigenvalue weighted by molar-refractivity contribution is 6.92. The molecule has 1 aromatic rings. The van der Waals surface area contributed by atoms with E-state index in [1.165, 1.54) is 15.3 Å². The first kappa shape index (κ1) is 7.50. The molecule has 0 aromatic heterocycles. The summed E-state index contributed by atoms with van der Waals surface area (Å²) < 4.78 is 0. The van der Waals surface area contributed by atoms with Crippen LogP contribution in [0.3, 0.4) is 0 Å². The Hall–Kier alpha value is -0.606. The molecule has 0 atom stereocenters. The molecule has 0 heterocycles. The molecule has 10 heavy (non-hydrogen) atoms. The molecule has 52 valence electrons. The van der Waals surface area contributed by atoms with Crippen LogP contribution in [0.1, 0.15) is 5.56 Å². The first-order chi connectivity index (χ1) is 4.93. The molecule has 0 N–H and O–H groups in total. The van der Waals surface area contributed by atoms with Crippen LogP contribution in [0.5, 0.6) is 0 Å². The van der Waals surface area contributed by atoms with Crippen LogP contribution < -0.4 is 0 Å². The van der Waals surface area contributed by atoms with Gasteiger partial charge in [0.2, 0.25) is 0 Å². The van der Waals surface area contributed by atoms with Crippen molar-refractivity contribution < 1.29 is 0 Å². The van der Waals surface area contributed by atoms with Crippen molar-refractivity contribution in [1.29, 1.82) is 0 Å². The standard InChI is InChI=1S/C8H12Si2/c9-10-7-6-8-4-2-1-3-5-8/h1-7H,10H2,9H3. The monoisotopic (exact) mass is 164 g/mol. The fourth-order valence-corrected chi connectivity index (χ4v) is 2.03. The highest BCUT2D eigenvalue weighted by atomic mass is 29.1. The molecule has 0 radical (unpaired) electrons. The summed E-state index contributed by atoms with van der Waals surface area (Å²) in [6.07, 6.45) is 2.24. The number of hydrogen-bond donors (Lipinski definition) is 0. The molecule has 0 saturated carbocycles. The van der Waals surface area contributed by atoms with Gasteiger partial charge in [-0.2, -0.15) is 0 Å². The Morgan fingerprint density at radius 1 is 1.20 bits per heavy atom. The quantitative estimate of drug-likeness (QED) is 0.544. The summed E-state index contributed by atoms with van der Waals surface area (Å²) in [6.45, 7) is 0. The zero-order valence-corrected chi connectivity index (χ0v) is 9.66. The van der Waals surface area contributed by atoms with E-state index < -0.39 is 0 Å². The third-order valence-electron chi connectivity index (χ3n) is 1.35. The lowest BCUT2D eigenvalue weighted by Crippen LogP contribution is -1.78. The van der Waals surface area contributed by atoms with Crippen molar-refractivity contribution >= 4 is 24.9 Å². The average molecular weight is 164 g/mol. The molecule has 0 bridgehead atoms. The number of hydrogen-bond acceptors (Lipinski definition) is 0. The first-order valence-corrected chi connectivity index (χ1v) is 10.1. The van der Waals surface area contributed by atoms with E-state index >= 15 is 0 Å². The Balaban J connectivity index is 2.67. The fraction of sp³-hybridized carbons (Fsp3) is 0. The summed E-state index contributed by atoms with van der Waals surface area (Å²) >= 11 is 0. The van der Waals surface area contributed by atoms with Crippen molar-refractivity contribution in [2.45, 2.75) is 0 Å². The molecule has 0 fully saturated rings. The minimum Gasteiger partial charge on any atom is -0.104 e. The van der Waals surface area contributed by atoms with Crippen molar-refractivity contribution in [3.05, 3.63) is 41.6 Å². The van der Waals surface area contributed by atoms with Gasteiger partial charge in [0.15, 0.2) is 0 Å². The molecular weight excluding hydrogens is 152 g/mol. The van der Waals surface area contributed by atoms with Gasteiger partial charge in [-0.15, -0.1) is 5.70 Å². The van der Waals surface area contributed by atoms with E-state index in [1.807, 2.05) is 0 Å². The summed E-state index contributed by atoms with van der Waals surface area (Å²) in [4.78, 5) is 0. The van der Waals surface area contributed by atoms with Crippen LogP contribution >= 0.6 is 0 Å². The third kappa shape index (κ3) is 2.33. The van der Waals surface area contributed by atoms with Crippen LogP contribution in [0, 0.1) is 0 Å². The first-order valence-electron chi connectivity index (χ1n) is 3.65. The van der Waals surface area contributed by atoms with E-state index in [-0.39, 0.29) is 9.04 Å². The van der Waals surface area contributed by atoms with E-state index in [1.54, 1.807) is 0 Å². The van der Waals surface area contributed by atoms with Gasteiger partial charge in [0.25, 0.3) is 0 Å². The number of benzene rings is 1. The normalized spacial score (nSPS) is 12.0. The predicted octanol–water partition coefficient (Wildman–Crippen LogP) is 0.107. The highest BCUT2D eigenvalue weighted by Gasteiger charge is 1.79. The smallest absolute Gasteiger partial charge is 0.0293 e. The maximum absolute atomic E-state index is 2.36. The van der Waals surface area contributed by atoms with Gasteiger partial charge in [-0.3, -0.25) is 0 Å². The zero-order valence-electron chi connectivity index (χ0n) is 6.25. The minimum absolute atomic E-state index is 0.229. The van der Waals surface area contributed by atoms with Crippen LogP contribution in [0.2, 0.25) is 0 Å². The average Bonchev–Trinajstić information content (AvgIpc) is 2.03. The molecule has 0 saturated heterocycles. The molecular formula is C8H12Si2. The van der Waals surface area contributed by atoms with Crippen molar-refractivity contribution in [3.8, 4) is 0 Å². The minimum atomic E-state index is 0.229. The Morgan fingerprint density at radius 3 is 2.50 bits per heavy atom. The maximum Gasteiger partial charge on any atom is 0.0293 e. The van der Waals surface area contributed by atoms with Crippen molar-refractivity contribution in [2.24, 2.45) is 0 Å². The van der Waals surface area contributed by atoms with Gasteiger partial charge in [0.05, 0.1) is 0 Å². The predicted molar refractivity (Wildman–Crippen MR) is 54.0 cm³/mol. The summed E-state index contributed by atoms with van der Waals surface area (Å²) in [5.74, 6) is 0. The van der Waals surface area contributed by atoms with E-state index in [9.17, 15) is 0 Å². The van der Waals surface area contributed by atoms with Gasteiger partial charge >= 0.3 is 0 Å². The maximum atomic E-state index is 2.36. The van der Waals surface area contributed by atoms with Gasteiger partial charge in [-0.1, -0.05) is 36.4 Å². The van der Waals surface area contributed by atoms with Crippen LogP contribution in [-0.2, 0) is 0 Å². The molecule has 0 unspecified atom stereocenters. The summed E-state index contributed by atoms with van der Waals surface area (Å²) in [5, 5.41) is 0. The van der Waals surface area contributed by atoms with Crippen LogP contribution in [0.4, 0.5) is 0 Å². The molecule has 0 nitrogen and oxygen atoms in total. The van der Waals surface area contributed by atoms with Crippen LogP contribution in [0.25, 0.3) is 6.08 Å². The summed E-state index contributed by atoms with van der Waals surface area (Å²) in [5.41, 5.74) is 3.70. The largest absolute Gasteiger partial charge is 0.104 e. The second-order valence-electron chi connectivity index (χ2n) is 2.22. The molecule has 0 aliphatic heterocycles. The van der Waals surface area contributed by atoms with E-state index in [0.717, 1.165) is 0 Å². The van der Waals surface area contributed by atoms with E-state index in [2.05, 4.69) is 42.1 Å². The SMILES string of the molecule is [SiH3][SiH2]C=Cc1ccccc1. The Bertz CT molecular complexity index is 204. The molecule has 2 heteroatoms. The molecule has 0 amide bonds. The summed E-state index contributed by atoms with van der Waals surface area (Å²) in [6, 6.07) is 10.5. The van der Waals surface area contributed by atoms with Gasteiger partial charge < -0.3 is 0 Å². The van der Waals surface area contributed by atoms with Crippen LogP contribution in [0.15, 0.2) is 36.0 Å². The highest BCUT2D eigenvalue weighted by Crippen LogP contribution is 1.99. The third-order valence-corrected chi connectivity index (χ3v) is 3.47.